The highest BCUT2D eigenvalue weighted by Gasteiger charge is 2.42. The van der Waals surface area contributed by atoms with E-state index in [9.17, 15) is 14.4 Å². The average Bonchev–Trinajstić information content (AvgIpc) is 3.07. The van der Waals surface area contributed by atoms with E-state index < -0.39 is 5.92 Å². The van der Waals surface area contributed by atoms with Gasteiger partial charge < -0.3 is 9.84 Å². The summed E-state index contributed by atoms with van der Waals surface area (Å²) in [5.41, 5.74) is 4.90. The van der Waals surface area contributed by atoms with Crippen LogP contribution in [0.1, 0.15) is 62.8 Å². The van der Waals surface area contributed by atoms with Crippen LogP contribution in [0.3, 0.4) is 0 Å². The minimum atomic E-state index is -0.677. The Morgan fingerprint density at radius 3 is 2.36 bits per heavy atom. The molecular formula is C22H26N2O4. The lowest BCUT2D eigenvalue weighted by Gasteiger charge is -2.16. The Kier molecular flexibility index (Phi) is 5.49. The number of aryl methyl sites for hydroxylation is 5. The smallest absolute Gasteiger partial charge is 0.256 e. The number of aromatic nitrogens is 1. The molecule has 2 atom stereocenters. The van der Waals surface area contributed by atoms with E-state index in [1.165, 1.54) is 0 Å². The quantitative estimate of drug-likeness (QED) is 0.802. The van der Waals surface area contributed by atoms with Gasteiger partial charge in [0.05, 0.1) is 5.69 Å². The summed E-state index contributed by atoms with van der Waals surface area (Å²) in [6.45, 7) is 9.63. The molecule has 1 aromatic heterocycles. The van der Waals surface area contributed by atoms with E-state index in [0.717, 1.165) is 22.3 Å². The molecule has 1 fully saturated rings. The first-order valence-corrected chi connectivity index (χ1v) is 9.56. The third-order valence-electron chi connectivity index (χ3n) is 5.52. The van der Waals surface area contributed by atoms with Crippen LogP contribution in [0.4, 0.5) is 0 Å². The molecule has 2 unspecified atom stereocenters. The van der Waals surface area contributed by atoms with Crippen LogP contribution >= 0.6 is 0 Å². The second-order valence-electron chi connectivity index (χ2n) is 7.76. The summed E-state index contributed by atoms with van der Waals surface area (Å²) in [6, 6.07) is 4.03. The average molecular weight is 382 g/mol. The third-order valence-corrected chi connectivity index (χ3v) is 5.52. The zero-order valence-corrected chi connectivity index (χ0v) is 17.0. The second-order valence-corrected chi connectivity index (χ2v) is 7.76. The van der Waals surface area contributed by atoms with Crippen molar-refractivity contribution < 1.29 is 18.9 Å². The van der Waals surface area contributed by atoms with Gasteiger partial charge >= 0.3 is 0 Å². The van der Waals surface area contributed by atoms with Crippen LogP contribution in [0.2, 0.25) is 0 Å². The van der Waals surface area contributed by atoms with E-state index in [0.29, 0.717) is 30.0 Å². The van der Waals surface area contributed by atoms with E-state index >= 15 is 0 Å². The van der Waals surface area contributed by atoms with Crippen molar-refractivity contribution in [1.82, 2.24) is 10.5 Å². The highest BCUT2D eigenvalue weighted by molar-refractivity contribution is 6.15. The van der Waals surface area contributed by atoms with Crippen LogP contribution in [0.15, 0.2) is 16.7 Å². The molecule has 1 aromatic carbocycles. The minimum absolute atomic E-state index is 0.0258. The van der Waals surface area contributed by atoms with Gasteiger partial charge in [0, 0.05) is 18.9 Å². The Morgan fingerprint density at radius 2 is 1.79 bits per heavy atom. The fraction of sp³-hybridized carbons (Fsp3) is 0.455. The fourth-order valence-corrected chi connectivity index (χ4v) is 4.31. The normalized spacial score (nSPS) is 19.3. The van der Waals surface area contributed by atoms with E-state index in [2.05, 4.69) is 10.5 Å². The first-order chi connectivity index (χ1) is 13.2. The highest BCUT2D eigenvalue weighted by Crippen LogP contribution is 2.37. The topological polar surface area (TPSA) is 89.3 Å². The lowest BCUT2D eigenvalue weighted by molar-refractivity contribution is -0.124. The molecule has 1 aliphatic rings. The summed E-state index contributed by atoms with van der Waals surface area (Å²) < 4.78 is 5.01. The number of carbonyl (C=O) groups excluding carboxylic acids is 3. The molecular weight excluding hydrogens is 356 g/mol. The zero-order valence-electron chi connectivity index (χ0n) is 17.0. The van der Waals surface area contributed by atoms with Gasteiger partial charge in [0.1, 0.15) is 23.0 Å². The monoisotopic (exact) mass is 382 g/mol. The molecule has 1 aliphatic carbocycles. The van der Waals surface area contributed by atoms with Crippen molar-refractivity contribution in [2.75, 3.05) is 6.54 Å². The van der Waals surface area contributed by atoms with Crippen LogP contribution in [0, 0.1) is 40.5 Å². The number of benzene rings is 1. The van der Waals surface area contributed by atoms with E-state index in [-0.39, 0.29) is 29.8 Å². The van der Waals surface area contributed by atoms with Crippen molar-refractivity contribution in [3.63, 3.8) is 0 Å². The molecule has 3 rings (SSSR count). The van der Waals surface area contributed by atoms with Gasteiger partial charge in [-0.2, -0.15) is 0 Å². The third kappa shape index (κ3) is 3.63. The van der Waals surface area contributed by atoms with E-state index in [1.54, 1.807) is 13.8 Å². The van der Waals surface area contributed by atoms with Crippen LogP contribution in [-0.2, 0) is 9.59 Å². The van der Waals surface area contributed by atoms with Gasteiger partial charge in [-0.05, 0) is 57.7 Å². The van der Waals surface area contributed by atoms with Crippen molar-refractivity contribution >= 4 is 17.5 Å². The molecule has 0 bridgehead atoms. The summed E-state index contributed by atoms with van der Waals surface area (Å²) in [6.07, 6.45) is 0.678. The molecule has 148 valence electrons. The predicted molar refractivity (Wildman–Crippen MR) is 104 cm³/mol. The lowest BCUT2D eigenvalue weighted by atomic mass is 9.86. The van der Waals surface area contributed by atoms with Gasteiger partial charge in [-0.3, -0.25) is 14.4 Å². The maximum absolute atomic E-state index is 13.0. The Morgan fingerprint density at radius 1 is 1.14 bits per heavy atom. The number of carbonyl (C=O) groups is 3. The van der Waals surface area contributed by atoms with Crippen LogP contribution in [-0.4, -0.2) is 29.2 Å². The van der Waals surface area contributed by atoms with Crippen LogP contribution in [0.25, 0.3) is 0 Å². The Labute approximate surface area is 164 Å². The molecule has 0 spiro atoms. The predicted octanol–water partition coefficient (Wildman–Crippen LogP) is 3.28. The number of amides is 1. The fourth-order valence-electron chi connectivity index (χ4n) is 4.31. The number of Topliss-reactive ketones (excluding diaryl/α,β-unsaturated/α-hetero) is 2. The summed E-state index contributed by atoms with van der Waals surface area (Å²) >= 11 is 0. The van der Waals surface area contributed by atoms with Crippen molar-refractivity contribution in [2.24, 2.45) is 5.92 Å². The Hall–Kier alpha value is -2.76. The van der Waals surface area contributed by atoms with E-state index in [1.807, 2.05) is 32.9 Å². The van der Waals surface area contributed by atoms with E-state index in [4.69, 9.17) is 4.52 Å². The molecule has 1 amide bonds. The first kappa shape index (κ1) is 20.0. The molecule has 1 saturated carbocycles. The summed E-state index contributed by atoms with van der Waals surface area (Å²) in [5.74, 6) is -0.900. The minimum Gasteiger partial charge on any atom is -0.361 e. The second kappa shape index (κ2) is 7.70. The molecule has 6 nitrogen and oxygen atoms in total. The van der Waals surface area contributed by atoms with Gasteiger partial charge in [0.15, 0.2) is 5.78 Å². The summed E-state index contributed by atoms with van der Waals surface area (Å²) in [5, 5.41) is 6.59. The van der Waals surface area contributed by atoms with Crippen LogP contribution < -0.4 is 5.32 Å². The molecule has 0 saturated heterocycles. The van der Waals surface area contributed by atoms with Gasteiger partial charge in [-0.1, -0.05) is 22.9 Å². The van der Waals surface area contributed by atoms with Crippen LogP contribution in [0.5, 0.6) is 0 Å². The maximum Gasteiger partial charge on any atom is 0.256 e. The number of hydrogen-bond acceptors (Lipinski definition) is 5. The number of nitrogens with one attached hydrogen (secondary N) is 1. The molecule has 2 aromatic rings. The van der Waals surface area contributed by atoms with Crippen molar-refractivity contribution in [3.05, 3.63) is 51.4 Å². The largest absolute Gasteiger partial charge is 0.361 e. The SMILES string of the molecule is Cc1cc(C)c(C2C(=O)CC(CCNC(=O)c3c(C)noc3C)C2=O)c(C)c1. The molecule has 6 heteroatoms. The molecule has 28 heavy (non-hydrogen) atoms. The lowest BCUT2D eigenvalue weighted by Crippen LogP contribution is -2.28. The van der Waals surface area contributed by atoms with Gasteiger partial charge in [-0.15, -0.1) is 0 Å². The van der Waals surface area contributed by atoms with Gasteiger partial charge in [-0.25, -0.2) is 0 Å². The number of hydrogen-bond donors (Lipinski definition) is 1. The number of rotatable bonds is 5. The molecule has 0 radical (unpaired) electrons. The molecule has 1 heterocycles. The van der Waals surface area contributed by atoms with Gasteiger partial charge in [0.25, 0.3) is 5.91 Å². The first-order valence-electron chi connectivity index (χ1n) is 9.56. The van der Waals surface area contributed by atoms with Crippen molar-refractivity contribution in [2.45, 2.75) is 53.4 Å². The highest BCUT2D eigenvalue weighted by atomic mass is 16.5. The summed E-state index contributed by atoms with van der Waals surface area (Å²) in [7, 11) is 0. The number of nitrogens with zero attached hydrogens (tertiary/aromatic N) is 1. The Bertz CT molecular complexity index is 915. The standard InChI is InChI=1S/C22H26N2O4/c1-11-8-12(2)18(13(3)9-11)20-17(25)10-16(21(20)26)6-7-23-22(27)19-14(4)24-28-15(19)5/h8-9,16,20H,6-7,10H2,1-5H3,(H,23,27). The van der Waals surface area contributed by atoms with Crippen molar-refractivity contribution in [1.29, 1.82) is 0 Å². The van der Waals surface area contributed by atoms with Crippen molar-refractivity contribution in [3.8, 4) is 0 Å². The maximum atomic E-state index is 13.0. The molecule has 0 aliphatic heterocycles. The zero-order chi connectivity index (χ0) is 20.6. The number of ketones is 2. The summed E-state index contributed by atoms with van der Waals surface area (Å²) in [4.78, 5) is 37.9. The van der Waals surface area contributed by atoms with Gasteiger partial charge in [0.2, 0.25) is 0 Å². The molecule has 1 N–H and O–H groups in total. The Balaban J connectivity index is 1.67.